The lowest BCUT2D eigenvalue weighted by Gasteiger charge is -2.23. The molecule has 1 atom stereocenters. The van der Waals surface area contributed by atoms with Crippen molar-refractivity contribution in [1.29, 1.82) is 0 Å². The summed E-state index contributed by atoms with van der Waals surface area (Å²) in [5.41, 5.74) is -0.609. The average Bonchev–Trinajstić information content (AvgIpc) is 2.47. The number of rotatable bonds is 12. The summed E-state index contributed by atoms with van der Waals surface area (Å²) in [4.78, 5) is 24.1. The molecular weight excluding hydrogens is 347 g/mol. The van der Waals surface area contributed by atoms with Gasteiger partial charge in [-0.3, -0.25) is 14.2 Å². The molecule has 0 rings (SSSR count). The molecule has 25 heavy (non-hydrogen) atoms. The molecule has 0 aliphatic carbocycles. The highest BCUT2D eigenvalue weighted by Crippen LogP contribution is 2.50. The van der Waals surface area contributed by atoms with Gasteiger partial charge in [-0.25, -0.2) is 0 Å². The van der Waals surface area contributed by atoms with E-state index >= 15 is 0 Å². The second kappa shape index (κ2) is 11.4. The molecule has 0 aliphatic rings. The fraction of sp³-hybridized carbons (Fsp3) is 0.765. The van der Waals surface area contributed by atoms with Gasteiger partial charge in [0.2, 0.25) is 0 Å². The van der Waals surface area contributed by atoms with Crippen molar-refractivity contribution >= 4 is 19.5 Å². The van der Waals surface area contributed by atoms with Crippen molar-refractivity contribution in [2.24, 2.45) is 5.92 Å². The molecule has 0 heterocycles. The molecule has 0 aromatic carbocycles. The number of ether oxygens (including phenoxy) is 2. The van der Waals surface area contributed by atoms with Crippen LogP contribution in [0.5, 0.6) is 0 Å². The van der Waals surface area contributed by atoms with Crippen LogP contribution in [0.4, 0.5) is 0 Å². The lowest BCUT2D eigenvalue weighted by atomic mass is 10.1. The first-order valence-corrected chi connectivity index (χ1v) is 10.2. The third kappa shape index (κ3) is 11.1. The summed E-state index contributed by atoms with van der Waals surface area (Å²) in [7, 11) is -3.44. The van der Waals surface area contributed by atoms with Gasteiger partial charge in [0.05, 0.1) is 25.3 Å². The van der Waals surface area contributed by atoms with Gasteiger partial charge in [-0.05, 0) is 41.0 Å². The molecule has 0 aromatic heterocycles. The van der Waals surface area contributed by atoms with Gasteiger partial charge in [-0.15, -0.1) is 0 Å². The minimum absolute atomic E-state index is 0.00335. The first kappa shape index (κ1) is 23.8. The average molecular weight is 378 g/mol. The van der Waals surface area contributed by atoms with Crippen LogP contribution in [0.25, 0.3) is 0 Å². The highest BCUT2D eigenvalue weighted by atomic mass is 31.2. The van der Waals surface area contributed by atoms with Gasteiger partial charge in [0.1, 0.15) is 12.2 Å². The Labute approximate surface area is 150 Å². The van der Waals surface area contributed by atoms with Gasteiger partial charge in [-0.2, -0.15) is 0 Å². The van der Waals surface area contributed by atoms with E-state index in [-0.39, 0.29) is 38.8 Å². The van der Waals surface area contributed by atoms with Crippen LogP contribution < -0.4 is 0 Å². The zero-order valence-corrected chi connectivity index (χ0v) is 16.8. The Morgan fingerprint density at radius 1 is 1.16 bits per heavy atom. The number of hydrogen-bond acceptors (Lipinski definition) is 7. The maximum Gasteiger partial charge on any atom is 0.331 e. The molecule has 0 aliphatic heterocycles. The third-order valence-electron chi connectivity index (χ3n) is 2.89. The fourth-order valence-electron chi connectivity index (χ4n) is 2.03. The highest BCUT2D eigenvalue weighted by molar-refractivity contribution is 7.53. The van der Waals surface area contributed by atoms with Gasteiger partial charge in [0.15, 0.2) is 0 Å². The molecule has 0 aromatic rings. The molecule has 1 unspecified atom stereocenters. The van der Waals surface area contributed by atoms with Crippen LogP contribution in [0, 0.1) is 5.92 Å². The van der Waals surface area contributed by atoms with Crippen molar-refractivity contribution in [2.45, 2.75) is 53.1 Å². The Balaban J connectivity index is 5.02. The van der Waals surface area contributed by atoms with Crippen molar-refractivity contribution in [2.75, 3.05) is 26.0 Å². The van der Waals surface area contributed by atoms with Crippen LogP contribution >= 0.6 is 7.60 Å². The lowest BCUT2D eigenvalue weighted by Crippen LogP contribution is -2.27. The third-order valence-corrected chi connectivity index (χ3v) is 5.08. The zero-order chi connectivity index (χ0) is 19.5. The van der Waals surface area contributed by atoms with E-state index in [1.165, 1.54) is 6.08 Å². The molecule has 0 saturated carbocycles. The van der Waals surface area contributed by atoms with Gasteiger partial charge in [-0.1, -0.05) is 12.7 Å². The predicted octanol–water partition coefficient (Wildman–Crippen LogP) is 3.72. The molecule has 0 N–H and O–H groups in total. The van der Waals surface area contributed by atoms with Gasteiger partial charge < -0.3 is 18.5 Å². The second-order valence-electron chi connectivity index (χ2n) is 6.37. The van der Waals surface area contributed by atoms with E-state index in [1.807, 2.05) is 0 Å². The minimum atomic E-state index is -3.44. The van der Waals surface area contributed by atoms with Crippen LogP contribution in [0.1, 0.15) is 47.5 Å². The number of carbonyl (C=O) groups is 2. The molecule has 0 fully saturated rings. The molecule has 0 radical (unpaired) electrons. The van der Waals surface area contributed by atoms with Crippen molar-refractivity contribution in [1.82, 2.24) is 0 Å². The molecule has 8 heteroatoms. The molecule has 0 spiro atoms. The quantitative estimate of drug-likeness (QED) is 0.290. The lowest BCUT2D eigenvalue weighted by molar-refractivity contribution is -0.155. The van der Waals surface area contributed by atoms with E-state index in [0.29, 0.717) is 0 Å². The van der Waals surface area contributed by atoms with Crippen LogP contribution in [-0.2, 0) is 32.7 Å². The number of carbonyl (C=O) groups excluding carboxylic acids is 2. The molecule has 7 nitrogen and oxygen atoms in total. The second-order valence-corrected chi connectivity index (χ2v) is 8.47. The standard InChI is InChI=1S/C17H31O7P/c1-7-12-21-16(19)14(10-11-15(18)24-17(4,5)6)13-25(20,22-8-2)23-9-3/h7,14H,1,8-13H2,2-6H3. The minimum Gasteiger partial charge on any atom is -0.461 e. The Kier molecular flexibility index (Phi) is 10.9. The SMILES string of the molecule is C=CCOC(=O)C(CCC(=O)OC(C)(C)C)CP(=O)(OCC)OCC. The van der Waals surface area contributed by atoms with E-state index < -0.39 is 31.1 Å². The van der Waals surface area contributed by atoms with Crippen molar-refractivity contribution in [3.05, 3.63) is 12.7 Å². The fourth-order valence-corrected chi connectivity index (χ4v) is 3.98. The van der Waals surface area contributed by atoms with E-state index in [4.69, 9.17) is 18.5 Å². The van der Waals surface area contributed by atoms with Gasteiger partial charge in [0, 0.05) is 6.42 Å². The molecule has 0 bridgehead atoms. The van der Waals surface area contributed by atoms with Crippen molar-refractivity contribution in [3.63, 3.8) is 0 Å². The van der Waals surface area contributed by atoms with Crippen LogP contribution in [0.2, 0.25) is 0 Å². The summed E-state index contributed by atoms with van der Waals surface area (Å²) >= 11 is 0. The summed E-state index contributed by atoms with van der Waals surface area (Å²) in [5, 5.41) is 0. The summed E-state index contributed by atoms with van der Waals surface area (Å²) in [6, 6.07) is 0. The smallest absolute Gasteiger partial charge is 0.331 e. The van der Waals surface area contributed by atoms with Crippen molar-refractivity contribution in [3.8, 4) is 0 Å². The maximum absolute atomic E-state index is 12.7. The van der Waals surface area contributed by atoms with Crippen LogP contribution in [-0.4, -0.2) is 43.5 Å². The Hall–Kier alpha value is -1.17. The van der Waals surface area contributed by atoms with E-state index in [2.05, 4.69) is 6.58 Å². The van der Waals surface area contributed by atoms with Crippen LogP contribution in [0.15, 0.2) is 12.7 Å². The molecule has 146 valence electrons. The summed E-state index contributed by atoms with van der Waals surface area (Å²) < 4.78 is 33.4. The van der Waals surface area contributed by atoms with E-state index in [1.54, 1.807) is 34.6 Å². The van der Waals surface area contributed by atoms with Crippen molar-refractivity contribution < 1.29 is 32.7 Å². The molecule has 0 amide bonds. The topological polar surface area (TPSA) is 88.1 Å². The first-order valence-electron chi connectivity index (χ1n) is 8.44. The number of hydrogen-bond donors (Lipinski definition) is 0. The molecular formula is C17H31O7P. The number of esters is 2. The summed E-state index contributed by atoms with van der Waals surface area (Å²) in [6.07, 6.45) is 1.43. The summed E-state index contributed by atoms with van der Waals surface area (Å²) in [6.45, 7) is 12.6. The largest absolute Gasteiger partial charge is 0.461 e. The monoisotopic (exact) mass is 378 g/mol. The Morgan fingerprint density at radius 3 is 2.16 bits per heavy atom. The normalized spacial score (nSPS) is 13.2. The zero-order valence-electron chi connectivity index (χ0n) is 15.9. The highest BCUT2D eigenvalue weighted by Gasteiger charge is 2.34. The predicted molar refractivity (Wildman–Crippen MR) is 95.5 cm³/mol. The Bertz CT molecular complexity index is 472. The molecule has 0 saturated heterocycles. The van der Waals surface area contributed by atoms with E-state index in [9.17, 15) is 14.2 Å². The first-order chi connectivity index (χ1) is 11.6. The Morgan fingerprint density at radius 2 is 1.72 bits per heavy atom. The van der Waals surface area contributed by atoms with E-state index in [0.717, 1.165) is 0 Å². The van der Waals surface area contributed by atoms with Gasteiger partial charge >= 0.3 is 19.5 Å². The van der Waals surface area contributed by atoms with Gasteiger partial charge in [0.25, 0.3) is 0 Å². The summed E-state index contributed by atoms with van der Waals surface area (Å²) in [5.74, 6) is -1.80. The van der Waals surface area contributed by atoms with Crippen LogP contribution in [0.3, 0.4) is 0 Å². The maximum atomic E-state index is 12.7.